The molecule has 21 heavy (non-hydrogen) atoms. The first kappa shape index (κ1) is 14.1. The molecule has 1 atom stereocenters. The van der Waals surface area contributed by atoms with E-state index in [0.29, 0.717) is 12.0 Å². The van der Waals surface area contributed by atoms with E-state index in [1.165, 1.54) is 6.07 Å². The lowest BCUT2D eigenvalue weighted by atomic mass is 10.1. The summed E-state index contributed by atoms with van der Waals surface area (Å²) in [6, 6.07) is 12.2. The molecule has 0 aromatic heterocycles. The number of rotatable bonds is 3. The molecule has 108 valence electrons. The molecular formula is C16H14BrFN2O. The van der Waals surface area contributed by atoms with Gasteiger partial charge in [0.15, 0.2) is 0 Å². The van der Waals surface area contributed by atoms with E-state index in [4.69, 9.17) is 0 Å². The van der Waals surface area contributed by atoms with Crippen molar-refractivity contribution in [3.8, 4) is 0 Å². The Morgan fingerprint density at radius 1 is 1.33 bits per heavy atom. The standard InChI is InChI=1S/C16H14BrFN2O/c17-12-5-6-13(18)11(7-12)9-19-16(21)15-8-10-3-1-2-4-14(10)20-15/h1-7,15,20H,8-9H2,(H,19,21)/t15-/m0/s1. The molecule has 3 rings (SSSR count). The Morgan fingerprint density at radius 2 is 2.14 bits per heavy atom. The second-order valence-electron chi connectivity index (χ2n) is 5.01. The summed E-state index contributed by atoms with van der Waals surface area (Å²) in [7, 11) is 0. The number of anilines is 1. The van der Waals surface area contributed by atoms with Crippen molar-refractivity contribution in [3.63, 3.8) is 0 Å². The normalized spacial score (nSPS) is 16.2. The van der Waals surface area contributed by atoms with E-state index in [2.05, 4.69) is 26.6 Å². The van der Waals surface area contributed by atoms with Crippen LogP contribution in [0.5, 0.6) is 0 Å². The van der Waals surface area contributed by atoms with Gasteiger partial charge in [0.2, 0.25) is 5.91 Å². The number of hydrogen-bond acceptors (Lipinski definition) is 2. The van der Waals surface area contributed by atoms with Gasteiger partial charge in [-0.1, -0.05) is 34.1 Å². The number of hydrogen-bond donors (Lipinski definition) is 2. The largest absolute Gasteiger partial charge is 0.373 e. The van der Waals surface area contributed by atoms with Gasteiger partial charge in [-0.05, 0) is 29.8 Å². The third kappa shape index (κ3) is 3.08. The fourth-order valence-corrected chi connectivity index (χ4v) is 2.85. The van der Waals surface area contributed by atoms with E-state index < -0.39 is 0 Å². The van der Waals surface area contributed by atoms with Gasteiger partial charge in [-0.3, -0.25) is 4.79 Å². The molecule has 0 saturated heterocycles. The minimum absolute atomic E-state index is 0.120. The Morgan fingerprint density at radius 3 is 2.95 bits per heavy atom. The molecule has 5 heteroatoms. The molecule has 0 spiro atoms. The molecule has 0 unspecified atom stereocenters. The summed E-state index contributed by atoms with van der Waals surface area (Å²) >= 11 is 3.30. The van der Waals surface area contributed by atoms with E-state index in [0.717, 1.165) is 15.7 Å². The van der Waals surface area contributed by atoms with Crippen LogP contribution in [-0.4, -0.2) is 11.9 Å². The second kappa shape index (κ2) is 5.85. The molecule has 1 aliphatic rings. The average Bonchev–Trinajstić information content (AvgIpc) is 2.92. The molecule has 2 aromatic rings. The fraction of sp³-hybridized carbons (Fsp3) is 0.188. The molecule has 1 heterocycles. The molecule has 0 fully saturated rings. The fourth-order valence-electron chi connectivity index (χ4n) is 2.44. The zero-order valence-corrected chi connectivity index (χ0v) is 12.8. The summed E-state index contributed by atoms with van der Waals surface area (Å²) in [5.41, 5.74) is 2.59. The Balaban J connectivity index is 1.62. The van der Waals surface area contributed by atoms with Crippen LogP contribution in [0.15, 0.2) is 46.9 Å². The Hall–Kier alpha value is -1.88. The van der Waals surface area contributed by atoms with Gasteiger partial charge in [0.05, 0.1) is 0 Å². The number of benzene rings is 2. The maximum absolute atomic E-state index is 13.6. The summed E-state index contributed by atoms with van der Waals surface area (Å²) in [5.74, 6) is -0.438. The lowest BCUT2D eigenvalue weighted by Gasteiger charge is -2.12. The molecule has 2 aromatic carbocycles. The van der Waals surface area contributed by atoms with Gasteiger partial charge >= 0.3 is 0 Å². The van der Waals surface area contributed by atoms with Crippen LogP contribution in [0.25, 0.3) is 0 Å². The number of carbonyl (C=O) groups excluding carboxylic acids is 1. The van der Waals surface area contributed by atoms with Crippen molar-refractivity contribution < 1.29 is 9.18 Å². The van der Waals surface area contributed by atoms with Crippen LogP contribution in [0.4, 0.5) is 10.1 Å². The zero-order valence-electron chi connectivity index (χ0n) is 11.2. The van der Waals surface area contributed by atoms with Crippen molar-refractivity contribution >= 4 is 27.5 Å². The van der Waals surface area contributed by atoms with Crippen LogP contribution in [0.3, 0.4) is 0 Å². The SMILES string of the molecule is O=C(NCc1cc(Br)ccc1F)[C@@H]1Cc2ccccc2N1. The molecule has 0 saturated carbocycles. The van der Waals surface area contributed by atoms with Crippen molar-refractivity contribution in [2.45, 2.75) is 19.0 Å². The highest BCUT2D eigenvalue weighted by molar-refractivity contribution is 9.10. The maximum Gasteiger partial charge on any atom is 0.243 e. The van der Waals surface area contributed by atoms with Gasteiger partial charge < -0.3 is 10.6 Å². The van der Waals surface area contributed by atoms with Crippen LogP contribution in [0, 0.1) is 5.82 Å². The van der Waals surface area contributed by atoms with Crippen molar-refractivity contribution in [2.75, 3.05) is 5.32 Å². The molecular weight excluding hydrogens is 335 g/mol. The van der Waals surface area contributed by atoms with Crippen molar-refractivity contribution in [1.29, 1.82) is 0 Å². The number of halogens is 2. The Kier molecular flexibility index (Phi) is 3.92. The van der Waals surface area contributed by atoms with Gasteiger partial charge in [-0.15, -0.1) is 0 Å². The third-order valence-corrected chi connectivity index (χ3v) is 4.04. The average molecular weight is 349 g/mol. The number of amides is 1. The first-order valence-electron chi connectivity index (χ1n) is 6.69. The maximum atomic E-state index is 13.6. The number of para-hydroxylation sites is 1. The highest BCUT2D eigenvalue weighted by Crippen LogP contribution is 2.25. The summed E-state index contributed by atoms with van der Waals surface area (Å²) in [5, 5.41) is 5.96. The second-order valence-corrected chi connectivity index (χ2v) is 5.93. The van der Waals surface area contributed by atoms with Gasteiger partial charge in [0, 0.05) is 28.7 Å². The third-order valence-electron chi connectivity index (χ3n) is 3.55. The van der Waals surface area contributed by atoms with Crippen molar-refractivity contribution in [3.05, 3.63) is 63.9 Å². The van der Waals surface area contributed by atoms with E-state index in [1.807, 2.05) is 24.3 Å². The summed E-state index contributed by atoms with van der Waals surface area (Å²) in [6.45, 7) is 0.179. The summed E-state index contributed by atoms with van der Waals surface area (Å²) in [4.78, 5) is 12.2. The topological polar surface area (TPSA) is 41.1 Å². The number of carbonyl (C=O) groups is 1. The van der Waals surface area contributed by atoms with Crippen LogP contribution in [0.2, 0.25) is 0 Å². The lowest BCUT2D eigenvalue weighted by molar-refractivity contribution is -0.121. The predicted octanol–water partition coefficient (Wildman–Crippen LogP) is 3.24. The number of nitrogens with one attached hydrogen (secondary N) is 2. The first-order chi connectivity index (χ1) is 10.1. The Bertz CT molecular complexity index is 665. The van der Waals surface area contributed by atoms with Crippen LogP contribution in [-0.2, 0) is 17.8 Å². The molecule has 1 aliphatic heterocycles. The van der Waals surface area contributed by atoms with Crippen LogP contribution >= 0.6 is 15.9 Å². The lowest BCUT2D eigenvalue weighted by Crippen LogP contribution is -2.38. The minimum Gasteiger partial charge on any atom is -0.373 e. The van der Waals surface area contributed by atoms with Gasteiger partial charge in [0.25, 0.3) is 0 Å². The molecule has 0 radical (unpaired) electrons. The van der Waals surface area contributed by atoms with Crippen molar-refractivity contribution in [1.82, 2.24) is 5.32 Å². The quantitative estimate of drug-likeness (QED) is 0.893. The Labute approximate surface area is 130 Å². The molecule has 1 amide bonds. The smallest absolute Gasteiger partial charge is 0.243 e. The molecule has 2 N–H and O–H groups in total. The van der Waals surface area contributed by atoms with E-state index >= 15 is 0 Å². The summed E-state index contributed by atoms with van der Waals surface area (Å²) in [6.07, 6.45) is 0.656. The summed E-state index contributed by atoms with van der Waals surface area (Å²) < 4.78 is 14.4. The predicted molar refractivity (Wildman–Crippen MR) is 83.5 cm³/mol. The van der Waals surface area contributed by atoms with Gasteiger partial charge in [-0.25, -0.2) is 4.39 Å². The van der Waals surface area contributed by atoms with E-state index in [-0.39, 0.29) is 24.3 Å². The highest BCUT2D eigenvalue weighted by atomic mass is 79.9. The zero-order chi connectivity index (χ0) is 14.8. The first-order valence-corrected chi connectivity index (χ1v) is 7.49. The number of fused-ring (bicyclic) bond motifs is 1. The highest BCUT2D eigenvalue weighted by Gasteiger charge is 2.26. The van der Waals surface area contributed by atoms with E-state index in [1.54, 1.807) is 12.1 Å². The van der Waals surface area contributed by atoms with Crippen molar-refractivity contribution in [2.24, 2.45) is 0 Å². The molecule has 0 aliphatic carbocycles. The minimum atomic E-state index is -0.318. The molecule has 3 nitrogen and oxygen atoms in total. The van der Waals surface area contributed by atoms with Crippen LogP contribution < -0.4 is 10.6 Å². The molecule has 0 bridgehead atoms. The monoisotopic (exact) mass is 348 g/mol. The van der Waals surface area contributed by atoms with Gasteiger partial charge in [-0.2, -0.15) is 0 Å². The van der Waals surface area contributed by atoms with Crippen LogP contribution in [0.1, 0.15) is 11.1 Å². The van der Waals surface area contributed by atoms with Gasteiger partial charge in [0.1, 0.15) is 11.9 Å². The van der Waals surface area contributed by atoms with E-state index in [9.17, 15) is 9.18 Å².